The molecule has 0 amide bonds. The maximum absolute atomic E-state index is 13.6. The number of ether oxygens (including phenoxy) is 3. The highest BCUT2D eigenvalue weighted by atomic mass is 79.9. The topological polar surface area (TPSA) is 105 Å². The predicted molar refractivity (Wildman–Crippen MR) is 161 cm³/mol. The van der Waals surface area contributed by atoms with Crippen LogP contribution in [0.2, 0.25) is 0 Å². The smallest absolute Gasteiger partial charge is 0.344 e. The minimum absolute atomic E-state index is 0.255. The van der Waals surface area contributed by atoms with Crippen LogP contribution in [0.4, 0.5) is 0 Å². The minimum atomic E-state index is -0.488. The number of hydrogen-bond acceptors (Lipinski definition) is 8. The van der Waals surface area contributed by atoms with E-state index >= 15 is 0 Å². The fourth-order valence-corrected chi connectivity index (χ4v) is 4.73. The predicted octanol–water partition coefficient (Wildman–Crippen LogP) is 6.13. The molecule has 208 valence electrons. The molecular formula is C31H26BrN3O6. The standard InChI is InChI=1S/C31H26BrN3O6/c1-4-8-20-13-19(14-26(38-3)29(20)40-18-28(36)39-5-2)17-33-35-30(34-24-10-7-6-9-23(24)31(35)37)27-16-21-15-22(32)11-12-25(21)41-27/h4,6-7,9-17H,1,5,8,18H2,2-3H3. The third-order valence-corrected chi connectivity index (χ3v) is 6.65. The lowest BCUT2D eigenvalue weighted by atomic mass is 10.1. The van der Waals surface area contributed by atoms with Crippen LogP contribution in [0.15, 0.2) is 92.1 Å². The number of fused-ring (bicyclic) bond motifs is 2. The quantitative estimate of drug-likeness (QED) is 0.106. The number of esters is 1. The number of allylic oxidation sites excluding steroid dienone is 1. The molecule has 5 rings (SSSR count). The highest BCUT2D eigenvalue weighted by Gasteiger charge is 2.18. The van der Waals surface area contributed by atoms with Gasteiger partial charge >= 0.3 is 5.97 Å². The fourth-order valence-electron chi connectivity index (χ4n) is 4.35. The Bertz CT molecular complexity index is 1860. The van der Waals surface area contributed by atoms with Crippen LogP contribution in [0.5, 0.6) is 11.5 Å². The zero-order chi connectivity index (χ0) is 28.9. The molecule has 10 heteroatoms. The monoisotopic (exact) mass is 615 g/mol. The Hall–Kier alpha value is -4.70. The number of nitrogens with zero attached hydrogens (tertiary/aromatic N) is 3. The van der Waals surface area contributed by atoms with Crippen LogP contribution in [0.25, 0.3) is 33.5 Å². The molecule has 0 saturated carbocycles. The van der Waals surface area contributed by atoms with Crippen molar-refractivity contribution < 1.29 is 23.4 Å². The maximum Gasteiger partial charge on any atom is 0.344 e. The van der Waals surface area contributed by atoms with Crippen molar-refractivity contribution in [2.45, 2.75) is 13.3 Å². The second kappa shape index (κ2) is 12.2. The van der Waals surface area contributed by atoms with E-state index in [0.717, 1.165) is 15.4 Å². The Balaban J connectivity index is 1.60. The fraction of sp³-hybridized carbons (Fsp3) is 0.161. The molecule has 0 N–H and O–H groups in total. The van der Waals surface area contributed by atoms with Gasteiger partial charge in [-0.05, 0) is 67.4 Å². The summed E-state index contributed by atoms with van der Waals surface area (Å²) in [4.78, 5) is 30.2. The molecule has 2 heterocycles. The zero-order valence-corrected chi connectivity index (χ0v) is 24.0. The van der Waals surface area contributed by atoms with Crippen LogP contribution < -0.4 is 15.0 Å². The Morgan fingerprint density at radius 2 is 2.00 bits per heavy atom. The first kappa shape index (κ1) is 27.9. The van der Waals surface area contributed by atoms with Gasteiger partial charge in [0.1, 0.15) is 5.58 Å². The van der Waals surface area contributed by atoms with Crippen molar-refractivity contribution in [3.05, 3.63) is 99.3 Å². The van der Waals surface area contributed by atoms with Gasteiger partial charge in [-0.2, -0.15) is 9.78 Å². The van der Waals surface area contributed by atoms with Gasteiger partial charge in [-0.15, -0.1) is 6.58 Å². The normalized spacial score (nSPS) is 11.3. The molecule has 5 aromatic rings. The third kappa shape index (κ3) is 5.92. The summed E-state index contributed by atoms with van der Waals surface area (Å²) in [5.41, 5.74) is 2.17. The molecule has 9 nitrogen and oxygen atoms in total. The Morgan fingerprint density at radius 3 is 2.78 bits per heavy atom. The zero-order valence-electron chi connectivity index (χ0n) is 22.4. The number of aromatic nitrogens is 2. The Labute approximate surface area is 243 Å². The van der Waals surface area contributed by atoms with Gasteiger partial charge in [0, 0.05) is 15.4 Å². The van der Waals surface area contributed by atoms with E-state index in [1.54, 1.807) is 37.3 Å². The molecule has 0 aliphatic rings. The van der Waals surface area contributed by atoms with Crippen molar-refractivity contribution in [2.24, 2.45) is 5.10 Å². The van der Waals surface area contributed by atoms with Gasteiger partial charge in [-0.1, -0.05) is 34.1 Å². The number of hydrogen-bond donors (Lipinski definition) is 0. The first-order chi connectivity index (χ1) is 19.9. The van der Waals surface area contributed by atoms with Crippen LogP contribution in [-0.2, 0) is 16.0 Å². The number of rotatable bonds is 10. The number of halogens is 1. The summed E-state index contributed by atoms with van der Waals surface area (Å²) < 4.78 is 24.5. The van der Waals surface area contributed by atoms with Crippen molar-refractivity contribution in [2.75, 3.05) is 20.3 Å². The largest absolute Gasteiger partial charge is 0.493 e. The van der Waals surface area contributed by atoms with Crippen LogP contribution in [0.3, 0.4) is 0 Å². The summed E-state index contributed by atoms with van der Waals surface area (Å²) >= 11 is 3.48. The lowest BCUT2D eigenvalue weighted by Crippen LogP contribution is -2.20. The minimum Gasteiger partial charge on any atom is -0.493 e. The van der Waals surface area contributed by atoms with E-state index in [9.17, 15) is 9.59 Å². The van der Waals surface area contributed by atoms with E-state index in [1.165, 1.54) is 18.0 Å². The van der Waals surface area contributed by atoms with Gasteiger partial charge < -0.3 is 18.6 Å². The Kier molecular flexibility index (Phi) is 8.30. The van der Waals surface area contributed by atoms with E-state index in [2.05, 4.69) is 27.6 Å². The summed E-state index contributed by atoms with van der Waals surface area (Å²) in [7, 11) is 1.50. The van der Waals surface area contributed by atoms with Gasteiger partial charge in [0.25, 0.3) is 5.56 Å². The number of furan rings is 1. The van der Waals surface area contributed by atoms with Gasteiger partial charge in [0.15, 0.2) is 23.9 Å². The molecule has 0 atom stereocenters. The lowest BCUT2D eigenvalue weighted by Gasteiger charge is -2.15. The molecule has 0 saturated heterocycles. The highest BCUT2D eigenvalue weighted by Crippen LogP contribution is 2.34. The molecule has 2 aromatic heterocycles. The summed E-state index contributed by atoms with van der Waals surface area (Å²) in [5, 5.41) is 5.81. The van der Waals surface area contributed by atoms with Gasteiger partial charge in [-0.25, -0.2) is 9.78 Å². The third-order valence-electron chi connectivity index (χ3n) is 6.15. The molecular weight excluding hydrogens is 590 g/mol. The van der Waals surface area contributed by atoms with Crippen LogP contribution >= 0.6 is 15.9 Å². The summed E-state index contributed by atoms with van der Waals surface area (Å²) in [6.45, 7) is 5.54. The van der Waals surface area contributed by atoms with Crippen molar-refractivity contribution >= 4 is 50.0 Å². The van der Waals surface area contributed by atoms with E-state index in [1.807, 2.05) is 36.4 Å². The van der Waals surface area contributed by atoms with Crippen molar-refractivity contribution in [1.82, 2.24) is 9.66 Å². The van der Waals surface area contributed by atoms with Crippen molar-refractivity contribution in [3.63, 3.8) is 0 Å². The second-order valence-electron chi connectivity index (χ2n) is 8.90. The van der Waals surface area contributed by atoms with E-state index in [4.69, 9.17) is 23.6 Å². The number of carbonyl (C=O) groups excluding carboxylic acids is 1. The summed E-state index contributed by atoms with van der Waals surface area (Å²) in [5.74, 6) is 0.951. The van der Waals surface area contributed by atoms with Gasteiger partial charge in [-0.3, -0.25) is 4.79 Å². The molecule has 0 fully saturated rings. The molecule has 0 bridgehead atoms. The highest BCUT2D eigenvalue weighted by molar-refractivity contribution is 9.10. The maximum atomic E-state index is 13.6. The second-order valence-corrected chi connectivity index (χ2v) is 9.82. The number of para-hydroxylation sites is 1. The summed E-state index contributed by atoms with van der Waals surface area (Å²) in [6.07, 6.45) is 3.68. The first-order valence-electron chi connectivity index (χ1n) is 12.8. The molecule has 0 unspecified atom stereocenters. The van der Waals surface area contributed by atoms with Gasteiger partial charge in [0.2, 0.25) is 5.82 Å². The van der Waals surface area contributed by atoms with Crippen LogP contribution in [0, 0.1) is 0 Å². The molecule has 0 spiro atoms. The van der Waals surface area contributed by atoms with E-state index in [0.29, 0.717) is 45.7 Å². The van der Waals surface area contributed by atoms with Crippen LogP contribution in [-0.4, -0.2) is 42.2 Å². The molecule has 0 aliphatic heterocycles. The van der Waals surface area contributed by atoms with Crippen molar-refractivity contribution in [1.29, 1.82) is 0 Å². The SMILES string of the molecule is C=CCc1cc(C=Nn2c(-c3cc4cc(Br)ccc4o3)nc3ccccc3c2=O)cc(OC)c1OCC(=O)OCC. The average molecular weight is 616 g/mol. The van der Waals surface area contributed by atoms with E-state index in [-0.39, 0.29) is 24.6 Å². The number of carbonyl (C=O) groups is 1. The number of benzene rings is 3. The molecule has 0 radical (unpaired) electrons. The average Bonchev–Trinajstić information content (AvgIpc) is 3.39. The molecule has 3 aromatic carbocycles. The lowest BCUT2D eigenvalue weighted by molar-refractivity contribution is -0.145. The van der Waals surface area contributed by atoms with Crippen molar-refractivity contribution in [3.8, 4) is 23.1 Å². The van der Waals surface area contributed by atoms with E-state index < -0.39 is 5.97 Å². The first-order valence-corrected chi connectivity index (χ1v) is 13.6. The molecule has 41 heavy (non-hydrogen) atoms. The number of methoxy groups -OCH3 is 1. The Morgan fingerprint density at radius 1 is 1.17 bits per heavy atom. The molecule has 0 aliphatic carbocycles. The van der Waals surface area contributed by atoms with Gasteiger partial charge in [0.05, 0.1) is 30.8 Å². The van der Waals surface area contributed by atoms with Crippen LogP contribution in [0.1, 0.15) is 18.1 Å². The summed E-state index contributed by atoms with van der Waals surface area (Å²) in [6, 6.07) is 18.1.